The Labute approximate surface area is 120 Å². The van der Waals surface area contributed by atoms with Gasteiger partial charge in [-0.25, -0.2) is 0 Å². The van der Waals surface area contributed by atoms with Crippen LogP contribution in [0.4, 0.5) is 0 Å². The minimum Gasteiger partial charge on any atom is -0.483 e. The summed E-state index contributed by atoms with van der Waals surface area (Å²) >= 11 is 0. The Kier molecular flexibility index (Phi) is 5.41. The van der Waals surface area contributed by atoms with E-state index in [-0.39, 0.29) is 12.5 Å². The van der Waals surface area contributed by atoms with Crippen LogP contribution in [-0.2, 0) is 11.3 Å². The molecular weight excluding hydrogens is 252 g/mol. The number of carbonyl (C=O) groups is 1. The maximum Gasteiger partial charge on any atom is 0.260 e. The number of benzene rings is 1. The first-order chi connectivity index (χ1) is 9.72. The number of nitrogens with two attached hydrogens (primary N) is 1. The molecule has 1 fully saturated rings. The van der Waals surface area contributed by atoms with Crippen molar-refractivity contribution in [3.05, 3.63) is 29.8 Å². The largest absolute Gasteiger partial charge is 0.483 e. The standard InChI is InChI=1S/C16H24N2O2/c1-13-7-3-2-6-10-18(13)16(19)12-20-15-9-5-4-8-14(15)11-17/h4-5,8-9,13H,2-3,6-7,10-12,17H2,1H3. The first kappa shape index (κ1) is 14.9. The highest BCUT2D eigenvalue weighted by molar-refractivity contribution is 5.78. The molecule has 0 radical (unpaired) electrons. The highest BCUT2D eigenvalue weighted by atomic mass is 16.5. The molecule has 2 rings (SSSR count). The van der Waals surface area contributed by atoms with Gasteiger partial charge in [0.25, 0.3) is 5.91 Å². The SMILES string of the molecule is CC1CCCCCN1C(=O)COc1ccccc1CN. The topological polar surface area (TPSA) is 55.6 Å². The average molecular weight is 276 g/mol. The maximum atomic E-state index is 12.3. The van der Waals surface area contributed by atoms with Crippen LogP contribution in [0.15, 0.2) is 24.3 Å². The number of carbonyl (C=O) groups excluding carboxylic acids is 1. The zero-order valence-corrected chi connectivity index (χ0v) is 12.2. The van der Waals surface area contributed by atoms with Crippen molar-refractivity contribution >= 4 is 5.91 Å². The van der Waals surface area contributed by atoms with E-state index < -0.39 is 0 Å². The first-order valence-electron chi connectivity index (χ1n) is 7.42. The van der Waals surface area contributed by atoms with Crippen molar-refractivity contribution in [1.29, 1.82) is 0 Å². The second kappa shape index (κ2) is 7.29. The number of hydrogen-bond donors (Lipinski definition) is 1. The Balaban J connectivity index is 1.94. The third kappa shape index (κ3) is 3.73. The predicted molar refractivity (Wildman–Crippen MR) is 79.5 cm³/mol. The van der Waals surface area contributed by atoms with Gasteiger partial charge in [0.2, 0.25) is 0 Å². The zero-order chi connectivity index (χ0) is 14.4. The number of ether oxygens (including phenoxy) is 1. The van der Waals surface area contributed by atoms with Crippen LogP contribution in [0.5, 0.6) is 5.75 Å². The number of hydrogen-bond acceptors (Lipinski definition) is 3. The van der Waals surface area contributed by atoms with Gasteiger partial charge in [0.05, 0.1) is 0 Å². The molecule has 1 unspecified atom stereocenters. The molecule has 4 nitrogen and oxygen atoms in total. The summed E-state index contributed by atoms with van der Waals surface area (Å²) in [5.41, 5.74) is 6.60. The summed E-state index contributed by atoms with van der Waals surface area (Å²) in [6.45, 7) is 3.49. The molecule has 1 aromatic rings. The van der Waals surface area contributed by atoms with Crippen molar-refractivity contribution < 1.29 is 9.53 Å². The van der Waals surface area contributed by atoms with Crippen LogP contribution in [0.3, 0.4) is 0 Å². The molecule has 20 heavy (non-hydrogen) atoms. The average Bonchev–Trinajstić information content (AvgIpc) is 2.69. The van der Waals surface area contributed by atoms with Crippen LogP contribution in [0, 0.1) is 0 Å². The van der Waals surface area contributed by atoms with Gasteiger partial charge in [-0.2, -0.15) is 0 Å². The normalized spacial score (nSPS) is 19.5. The van der Waals surface area contributed by atoms with E-state index in [0.717, 1.165) is 24.9 Å². The van der Waals surface area contributed by atoms with Gasteiger partial charge in [0, 0.05) is 24.7 Å². The second-order valence-corrected chi connectivity index (χ2v) is 5.39. The Morgan fingerprint density at radius 1 is 1.35 bits per heavy atom. The number of nitrogens with zero attached hydrogens (tertiary/aromatic N) is 1. The van der Waals surface area contributed by atoms with Crippen molar-refractivity contribution in [2.75, 3.05) is 13.2 Å². The van der Waals surface area contributed by atoms with Crippen molar-refractivity contribution in [3.63, 3.8) is 0 Å². The van der Waals surface area contributed by atoms with Crippen LogP contribution in [-0.4, -0.2) is 30.0 Å². The van der Waals surface area contributed by atoms with Gasteiger partial charge in [-0.05, 0) is 25.8 Å². The molecule has 0 aromatic heterocycles. The number of rotatable bonds is 4. The van der Waals surface area contributed by atoms with Crippen LogP contribution in [0.2, 0.25) is 0 Å². The summed E-state index contributed by atoms with van der Waals surface area (Å²) in [5.74, 6) is 0.789. The fourth-order valence-electron chi connectivity index (χ4n) is 2.68. The highest BCUT2D eigenvalue weighted by Crippen LogP contribution is 2.19. The predicted octanol–water partition coefficient (Wildman–Crippen LogP) is 2.32. The lowest BCUT2D eigenvalue weighted by atomic mass is 10.1. The van der Waals surface area contributed by atoms with Crippen molar-refractivity contribution in [2.24, 2.45) is 5.73 Å². The maximum absolute atomic E-state index is 12.3. The minimum atomic E-state index is 0.0752. The zero-order valence-electron chi connectivity index (χ0n) is 12.2. The van der Waals surface area contributed by atoms with E-state index >= 15 is 0 Å². The first-order valence-corrected chi connectivity index (χ1v) is 7.42. The molecule has 1 aliphatic rings. The lowest BCUT2D eigenvalue weighted by Crippen LogP contribution is -2.41. The molecule has 1 saturated heterocycles. The number of para-hydroxylation sites is 1. The molecule has 110 valence electrons. The Bertz CT molecular complexity index is 448. The van der Waals surface area contributed by atoms with Crippen molar-refractivity contribution in [1.82, 2.24) is 4.90 Å². The van der Waals surface area contributed by atoms with E-state index in [1.807, 2.05) is 29.2 Å². The van der Waals surface area contributed by atoms with Crippen LogP contribution >= 0.6 is 0 Å². The third-order valence-corrected chi connectivity index (χ3v) is 3.92. The summed E-state index contributed by atoms with van der Waals surface area (Å²) in [7, 11) is 0. The van der Waals surface area contributed by atoms with Gasteiger partial charge in [-0.3, -0.25) is 4.79 Å². The molecule has 0 spiro atoms. The molecule has 0 saturated carbocycles. The lowest BCUT2D eigenvalue weighted by Gasteiger charge is -2.27. The fraction of sp³-hybridized carbons (Fsp3) is 0.562. The molecule has 1 aliphatic heterocycles. The Hall–Kier alpha value is -1.55. The second-order valence-electron chi connectivity index (χ2n) is 5.39. The van der Waals surface area contributed by atoms with E-state index in [1.54, 1.807) is 0 Å². The molecule has 1 aromatic carbocycles. The molecule has 1 amide bonds. The third-order valence-electron chi connectivity index (χ3n) is 3.92. The monoisotopic (exact) mass is 276 g/mol. The van der Waals surface area contributed by atoms with E-state index in [9.17, 15) is 4.79 Å². The summed E-state index contributed by atoms with van der Waals surface area (Å²) < 4.78 is 5.66. The Morgan fingerprint density at radius 2 is 2.15 bits per heavy atom. The summed E-state index contributed by atoms with van der Waals surface area (Å²) in [5, 5.41) is 0. The summed E-state index contributed by atoms with van der Waals surface area (Å²) in [6.07, 6.45) is 4.60. The fourth-order valence-corrected chi connectivity index (χ4v) is 2.68. The van der Waals surface area contributed by atoms with E-state index in [4.69, 9.17) is 10.5 Å². The smallest absolute Gasteiger partial charge is 0.260 e. The summed E-state index contributed by atoms with van der Waals surface area (Å²) in [4.78, 5) is 14.3. The van der Waals surface area contributed by atoms with Crippen molar-refractivity contribution in [3.8, 4) is 5.75 Å². The summed E-state index contributed by atoms with van der Waals surface area (Å²) in [6, 6.07) is 7.93. The van der Waals surface area contributed by atoms with Gasteiger partial charge in [-0.1, -0.05) is 31.0 Å². The molecule has 0 bridgehead atoms. The molecule has 2 N–H and O–H groups in total. The lowest BCUT2D eigenvalue weighted by molar-refractivity contribution is -0.135. The van der Waals surface area contributed by atoms with E-state index in [2.05, 4.69) is 6.92 Å². The molecular formula is C16H24N2O2. The van der Waals surface area contributed by atoms with Gasteiger partial charge >= 0.3 is 0 Å². The van der Waals surface area contributed by atoms with Gasteiger partial charge in [-0.15, -0.1) is 0 Å². The van der Waals surface area contributed by atoms with Gasteiger partial charge in [0.1, 0.15) is 5.75 Å². The van der Waals surface area contributed by atoms with E-state index in [1.165, 1.54) is 12.8 Å². The molecule has 1 atom stereocenters. The molecule has 1 heterocycles. The van der Waals surface area contributed by atoms with Crippen LogP contribution < -0.4 is 10.5 Å². The highest BCUT2D eigenvalue weighted by Gasteiger charge is 2.22. The minimum absolute atomic E-state index is 0.0752. The van der Waals surface area contributed by atoms with Crippen LogP contribution in [0.25, 0.3) is 0 Å². The van der Waals surface area contributed by atoms with E-state index in [0.29, 0.717) is 18.3 Å². The quantitative estimate of drug-likeness (QED) is 0.918. The van der Waals surface area contributed by atoms with Crippen molar-refractivity contribution in [2.45, 2.75) is 45.2 Å². The van der Waals surface area contributed by atoms with Gasteiger partial charge in [0.15, 0.2) is 6.61 Å². The molecule has 0 aliphatic carbocycles. The Morgan fingerprint density at radius 3 is 2.95 bits per heavy atom. The van der Waals surface area contributed by atoms with Crippen LogP contribution in [0.1, 0.15) is 38.2 Å². The number of likely N-dealkylation sites (tertiary alicyclic amines) is 1. The number of amides is 1. The molecule has 4 heteroatoms. The van der Waals surface area contributed by atoms with Gasteiger partial charge < -0.3 is 15.4 Å².